The number of carbonyl (C=O) groups is 6. The molecule has 3 aromatic rings. The Hall–Kier alpha value is -6.68. The molecule has 2 saturated carbocycles. The third kappa shape index (κ3) is 13.6. The number of Topliss-reactive ketones (excluding diaryl/α,β-unsaturated/α-hetero) is 6. The molecule has 0 spiro atoms. The Morgan fingerprint density at radius 2 is 0.959 bits per heavy atom. The number of ether oxygens (including phenoxy) is 16. The predicted molar refractivity (Wildman–Crippen MR) is 412 cm³/mol. The first kappa shape index (κ1) is 90.1. The molecule has 3 aromatic carbocycles. The van der Waals surface area contributed by atoms with Crippen molar-refractivity contribution < 1.29 is 181 Å². The Balaban J connectivity index is 0.798. The molecule has 0 aromatic heterocycles. The second kappa shape index (κ2) is 32.9. The minimum absolute atomic E-state index is 0.0101. The molecule has 0 amide bonds. The van der Waals surface area contributed by atoms with E-state index in [-0.39, 0.29) is 81.6 Å². The van der Waals surface area contributed by atoms with Gasteiger partial charge in [0, 0.05) is 55.4 Å². The zero-order valence-electron chi connectivity index (χ0n) is 70.0. The van der Waals surface area contributed by atoms with E-state index in [9.17, 15) is 86.2 Å². The highest BCUT2D eigenvalue weighted by molar-refractivity contribution is 6.43. The third-order valence-corrected chi connectivity index (χ3v) is 28.3. The van der Waals surface area contributed by atoms with Crippen LogP contribution in [0.25, 0.3) is 16.3 Å². The standard InChI is InChI=1S/C85H112O37/c1-14-22-82(104)78(120-45-18-16-43(30(3)110-45)116-47-20-24-80(102,34(7)86)36(9)114-47)68(98)71(118-49-28-41(88)60(90)32(5)112-49)40-27-38-26-39-52(62(92)51(38)76(100)84(40,82)105)63(93)56(74(109-13)70(39)107-11)55-64(94)53-54(67(97)73(55)108-12)65(95)57-58(66(53)96)77(101)85(106)59-72(57)122-83(85,23-15-2)79(69(99)75(59)119-50-29-42(89)61(91)33(6)113-50)121-46-19-17-44(31(4)111-46)117-48-21-25-81(103,35(8)87)37(10)115-48/h26,30-33,36-37,40-50,59-61,68-69,71-72,75,78-79,88-93,95-96,98-99,102-106H,14-25,27-29H2,1-13H3/t30?,31?,32?,33?,36?,37?,40?,41?,42?,43?,44?,45?,46?,47?,48?,49?,50?,59?,60?,61?,68?,69?,71?,72-,75?,78?,79?,80?,81?,82?,83-,84?,85?/m1/s1. The molecule has 37 nitrogen and oxygen atoms in total. The summed E-state index contributed by atoms with van der Waals surface area (Å²) in [7, 11) is 3.09. The van der Waals surface area contributed by atoms with Crippen molar-refractivity contribution in [3.8, 4) is 34.5 Å². The van der Waals surface area contributed by atoms with Crippen LogP contribution in [0.4, 0.5) is 0 Å². The summed E-state index contributed by atoms with van der Waals surface area (Å²) in [6, 6.07) is 1.25. The lowest BCUT2D eigenvalue weighted by molar-refractivity contribution is -0.358. The summed E-state index contributed by atoms with van der Waals surface area (Å²) >= 11 is 0. The van der Waals surface area contributed by atoms with Crippen LogP contribution in [0.15, 0.2) is 11.8 Å². The van der Waals surface area contributed by atoms with Gasteiger partial charge in [-0.3, -0.25) is 28.8 Å². The van der Waals surface area contributed by atoms with E-state index in [1.807, 2.05) is 0 Å². The Kier molecular flexibility index (Phi) is 24.3. The van der Waals surface area contributed by atoms with Crippen molar-refractivity contribution in [2.75, 3.05) is 21.3 Å². The molecule has 7 aliphatic heterocycles. The first-order valence-electron chi connectivity index (χ1n) is 42.0. The van der Waals surface area contributed by atoms with Crippen LogP contribution >= 0.6 is 0 Å². The number of aliphatic hydroxyl groups is 11. The fourth-order valence-corrected chi connectivity index (χ4v) is 21.7. The van der Waals surface area contributed by atoms with Gasteiger partial charge in [0.05, 0.1) is 145 Å². The van der Waals surface area contributed by atoms with Crippen molar-refractivity contribution in [1.29, 1.82) is 0 Å². The molecule has 37 heteroatoms. The number of phenolic OH excluding ortho intramolecular Hbond substituents is 4. The highest BCUT2D eigenvalue weighted by Crippen LogP contribution is 2.69. The van der Waals surface area contributed by atoms with Gasteiger partial charge in [-0.15, -0.1) is 0 Å². The van der Waals surface area contributed by atoms with E-state index in [4.69, 9.17) is 75.8 Å². The summed E-state index contributed by atoms with van der Waals surface area (Å²) in [5.74, 6) is -17.3. The maximum absolute atomic E-state index is 16.4. The molecule has 33 atom stereocenters. The number of aliphatic hydroxyl groups excluding tert-OH is 6. The van der Waals surface area contributed by atoms with E-state index in [1.54, 1.807) is 41.5 Å². The third-order valence-electron chi connectivity index (χ3n) is 28.3. The number of rotatable bonds is 22. The van der Waals surface area contributed by atoms with E-state index in [2.05, 4.69) is 0 Å². The van der Waals surface area contributed by atoms with Crippen LogP contribution in [0.3, 0.4) is 0 Å². The largest absolute Gasteiger partial charge is 0.507 e. The highest BCUT2D eigenvalue weighted by atomic mass is 16.8. The van der Waals surface area contributed by atoms with Gasteiger partial charge >= 0.3 is 0 Å². The summed E-state index contributed by atoms with van der Waals surface area (Å²) in [5, 5.41) is 185. The minimum Gasteiger partial charge on any atom is -0.507 e. The number of phenols is 4. The molecule has 122 heavy (non-hydrogen) atoms. The van der Waals surface area contributed by atoms with Crippen LogP contribution in [0.2, 0.25) is 0 Å². The fraction of sp³-hybridized carbons (Fsp3) is 0.718. The summed E-state index contributed by atoms with van der Waals surface area (Å²) in [4.78, 5) is 89.5. The van der Waals surface area contributed by atoms with E-state index < -0.39 is 344 Å². The van der Waals surface area contributed by atoms with Crippen molar-refractivity contribution in [3.63, 3.8) is 0 Å². The summed E-state index contributed by atoms with van der Waals surface area (Å²) in [6.45, 7) is 15.1. The van der Waals surface area contributed by atoms with Gasteiger partial charge in [0.2, 0.25) is 23.1 Å². The second-order valence-electron chi connectivity index (χ2n) is 35.1. The summed E-state index contributed by atoms with van der Waals surface area (Å²) in [5.41, 5.74) is -21.6. The molecular formula is C85H112O37. The number of hydrogen-bond donors (Lipinski definition) is 15. The number of aromatic hydroxyl groups is 4. The topological polar surface area (TPSA) is 554 Å². The van der Waals surface area contributed by atoms with Gasteiger partial charge in [-0.1, -0.05) is 26.7 Å². The van der Waals surface area contributed by atoms with Crippen molar-refractivity contribution >= 4 is 51.0 Å². The fourth-order valence-electron chi connectivity index (χ4n) is 21.7. The average molecular weight is 1730 g/mol. The zero-order chi connectivity index (χ0) is 88.5. The lowest BCUT2D eigenvalue weighted by Gasteiger charge is -2.60. The van der Waals surface area contributed by atoms with E-state index in [0.717, 1.165) is 21.3 Å². The summed E-state index contributed by atoms with van der Waals surface area (Å²) in [6.07, 6.45) is -35.1. The number of fused-ring (bicyclic) bond motifs is 6. The molecule has 5 aliphatic carbocycles. The number of ketones is 6. The molecule has 0 radical (unpaired) electrons. The molecular weight excluding hydrogens is 1610 g/mol. The van der Waals surface area contributed by atoms with Gasteiger partial charge in [0.1, 0.15) is 82.0 Å². The Bertz CT molecular complexity index is 4640. The molecule has 674 valence electrons. The SMILES string of the molecule is CCCC1(O)C(OC2CCC(OC3CCC(O)(C(C)=O)C(C)O3)C(C)O2)C(O)C(OC2CC(O)C(O)C(C)O2)C2Cc3cc4c(OC)c(OC)c(C5=C(OC)C(=O)c6c(O)c7c(c(O)c6C5=O)C(=O)C5(O)C6C(OC8CC(O)C(O)C(C)O8)C(O)C(OC8CCC(OC9CCC(O)(C(C)=O)C(C)O9)C(C)O8)[C@@]5(CCC)O[C@H]76)c(O)c4c(O)c3C(=O)C21O. The van der Waals surface area contributed by atoms with Crippen LogP contribution in [0.5, 0.6) is 34.5 Å². The van der Waals surface area contributed by atoms with Crippen LogP contribution < -0.4 is 9.47 Å². The Morgan fingerprint density at radius 1 is 0.484 bits per heavy atom. The van der Waals surface area contributed by atoms with Gasteiger partial charge in [-0.05, 0) is 112 Å². The van der Waals surface area contributed by atoms with Gasteiger partial charge in [-0.2, -0.15) is 0 Å². The van der Waals surface area contributed by atoms with Crippen LogP contribution in [0, 0.1) is 11.8 Å². The number of carbonyl (C=O) groups excluding carboxylic acids is 6. The van der Waals surface area contributed by atoms with E-state index in [1.165, 1.54) is 33.8 Å². The minimum atomic E-state index is -3.21. The van der Waals surface area contributed by atoms with Crippen molar-refractivity contribution in [2.24, 2.45) is 11.8 Å². The molecule has 15 N–H and O–H groups in total. The molecule has 9 fully saturated rings. The van der Waals surface area contributed by atoms with Crippen molar-refractivity contribution in [1.82, 2.24) is 0 Å². The maximum Gasteiger partial charge on any atom is 0.232 e. The molecule has 7 saturated heterocycles. The number of allylic oxidation sites excluding steroid dienone is 2. The van der Waals surface area contributed by atoms with Gasteiger partial charge < -0.3 is 152 Å². The van der Waals surface area contributed by atoms with E-state index in [0.29, 0.717) is 0 Å². The normalized spacial score (nSPS) is 43.2. The van der Waals surface area contributed by atoms with Crippen molar-refractivity contribution in [2.45, 2.75) is 353 Å². The molecule has 15 rings (SSSR count). The van der Waals surface area contributed by atoms with Gasteiger partial charge in [-0.25, -0.2) is 0 Å². The number of methoxy groups -OCH3 is 3. The summed E-state index contributed by atoms with van der Waals surface area (Å²) < 4.78 is 101. The lowest BCUT2D eigenvalue weighted by Crippen LogP contribution is -2.80. The Labute approximate surface area is 700 Å². The first-order chi connectivity index (χ1) is 57.5. The number of benzene rings is 3. The predicted octanol–water partition coefficient (Wildman–Crippen LogP) is 2.40. The quantitative estimate of drug-likeness (QED) is 0.0642. The molecule has 4 bridgehead atoms. The highest BCUT2D eigenvalue weighted by Gasteiger charge is 2.82. The first-order valence-corrected chi connectivity index (χ1v) is 42.0. The lowest BCUT2D eigenvalue weighted by atomic mass is 9.53. The Morgan fingerprint density at radius 3 is 1.44 bits per heavy atom. The van der Waals surface area contributed by atoms with Gasteiger partial charge in [0.15, 0.2) is 77.8 Å². The molecule has 7 heterocycles. The smallest absolute Gasteiger partial charge is 0.232 e. The van der Waals surface area contributed by atoms with Crippen molar-refractivity contribution in [3.05, 3.63) is 50.8 Å². The monoisotopic (exact) mass is 1720 g/mol. The van der Waals surface area contributed by atoms with E-state index >= 15 is 19.2 Å². The zero-order valence-corrected chi connectivity index (χ0v) is 70.0. The van der Waals surface area contributed by atoms with Gasteiger partial charge in [0.25, 0.3) is 0 Å². The van der Waals surface area contributed by atoms with Crippen LogP contribution in [0.1, 0.15) is 223 Å². The number of hydrogen-bond acceptors (Lipinski definition) is 37. The molecule has 31 unspecified atom stereocenters. The average Bonchev–Trinajstić information content (AvgIpc) is 1.52. The maximum atomic E-state index is 16.4. The van der Waals surface area contributed by atoms with Crippen LogP contribution in [-0.2, 0) is 82.3 Å². The molecule has 12 aliphatic rings. The second-order valence-corrected chi connectivity index (χ2v) is 35.1. The van der Waals surface area contributed by atoms with Crippen LogP contribution in [-0.4, -0.2) is 314 Å².